The van der Waals surface area contributed by atoms with Crippen LogP contribution >= 0.6 is 11.3 Å². The maximum atomic E-state index is 12.2. The number of nitrogens with one attached hydrogen (secondary N) is 1. The van der Waals surface area contributed by atoms with E-state index in [9.17, 15) is 4.79 Å². The van der Waals surface area contributed by atoms with Crippen LogP contribution in [0.5, 0.6) is 0 Å². The molecular weight excluding hydrogens is 260 g/mol. The summed E-state index contributed by atoms with van der Waals surface area (Å²) in [6.07, 6.45) is 3.39. The number of hydrogen-bond donors (Lipinski definition) is 1. The van der Waals surface area contributed by atoms with Crippen molar-refractivity contribution in [3.8, 4) is 0 Å². The minimum atomic E-state index is -0.0710. The van der Waals surface area contributed by atoms with Gasteiger partial charge in [0.15, 0.2) is 5.82 Å². The van der Waals surface area contributed by atoms with Crippen LogP contribution in [0.1, 0.15) is 24.4 Å². The van der Waals surface area contributed by atoms with Gasteiger partial charge in [0, 0.05) is 23.8 Å². The van der Waals surface area contributed by atoms with Crippen LogP contribution in [0.15, 0.2) is 22.7 Å². The molecule has 0 bridgehead atoms. The Hall–Kier alpha value is -1.69. The number of anilines is 1. The van der Waals surface area contributed by atoms with E-state index in [2.05, 4.69) is 29.1 Å². The van der Waals surface area contributed by atoms with Crippen molar-refractivity contribution in [2.24, 2.45) is 5.92 Å². The number of rotatable bonds is 5. The third-order valence-electron chi connectivity index (χ3n) is 2.74. The molecule has 6 heteroatoms. The van der Waals surface area contributed by atoms with Crippen LogP contribution in [0.2, 0.25) is 0 Å². The minimum Gasteiger partial charge on any atom is -0.361 e. The molecule has 0 spiro atoms. The van der Waals surface area contributed by atoms with Gasteiger partial charge in [0.1, 0.15) is 0 Å². The summed E-state index contributed by atoms with van der Waals surface area (Å²) in [4.78, 5) is 21.6. The number of hydrogen-bond acceptors (Lipinski definition) is 5. The zero-order valence-corrected chi connectivity index (χ0v) is 12.2. The monoisotopic (exact) mass is 278 g/mol. The van der Waals surface area contributed by atoms with Crippen LogP contribution < -0.4 is 10.9 Å². The van der Waals surface area contributed by atoms with Crippen LogP contribution in [0.4, 0.5) is 5.82 Å². The predicted octanol–water partition coefficient (Wildman–Crippen LogP) is 2.28. The van der Waals surface area contributed by atoms with Crippen molar-refractivity contribution < 1.29 is 0 Å². The summed E-state index contributed by atoms with van der Waals surface area (Å²) in [6.45, 7) is 7.42. The lowest BCUT2D eigenvalue weighted by atomic mass is 10.2. The molecule has 19 heavy (non-hydrogen) atoms. The van der Waals surface area contributed by atoms with Gasteiger partial charge in [-0.25, -0.2) is 9.97 Å². The molecule has 0 aromatic carbocycles. The molecule has 0 fully saturated rings. The van der Waals surface area contributed by atoms with Crippen molar-refractivity contribution in [1.82, 2.24) is 14.5 Å². The molecule has 5 nitrogen and oxygen atoms in total. The zero-order valence-electron chi connectivity index (χ0n) is 11.4. The minimum absolute atomic E-state index is 0.0710. The second kappa shape index (κ2) is 5.97. The van der Waals surface area contributed by atoms with Crippen LogP contribution in [-0.4, -0.2) is 14.5 Å². The van der Waals surface area contributed by atoms with Crippen molar-refractivity contribution in [3.63, 3.8) is 0 Å². The van der Waals surface area contributed by atoms with E-state index >= 15 is 0 Å². The van der Waals surface area contributed by atoms with E-state index in [0.29, 0.717) is 24.8 Å². The summed E-state index contributed by atoms with van der Waals surface area (Å²) < 4.78 is 1.69. The van der Waals surface area contributed by atoms with Crippen LogP contribution in [0, 0.1) is 12.8 Å². The van der Waals surface area contributed by atoms with Crippen LogP contribution in [0.3, 0.4) is 0 Å². The highest BCUT2D eigenvalue weighted by Gasteiger charge is 2.07. The molecule has 0 aliphatic heterocycles. The standard InChI is InChI=1S/C13H18N4OS/c1-9(2)7-17-5-4-14-12(13(17)18)15-6-11-10(3)16-8-19-11/h4-5,8-9H,6-7H2,1-3H3,(H,14,15). The van der Waals surface area contributed by atoms with E-state index in [4.69, 9.17) is 0 Å². The van der Waals surface area contributed by atoms with E-state index in [1.165, 1.54) is 0 Å². The second-order valence-corrected chi connectivity index (χ2v) is 5.78. The molecule has 2 heterocycles. The first-order chi connectivity index (χ1) is 9.08. The molecular formula is C13H18N4OS. The Balaban J connectivity index is 2.13. The Morgan fingerprint density at radius 1 is 1.42 bits per heavy atom. The first-order valence-electron chi connectivity index (χ1n) is 6.26. The highest BCUT2D eigenvalue weighted by molar-refractivity contribution is 7.09. The van der Waals surface area contributed by atoms with Crippen LogP contribution in [0.25, 0.3) is 0 Å². The summed E-state index contributed by atoms with van der Waals surface area (Å²) in [7, 11) is 0. The van der Waals surface area contributed by atoms with E-state index < -0.39 is 0 Å². The topological polar surface area (TPSA) is 59.8 Å². The molecule has 0 aliphatic rings. The molecule has 0 amide bonds. The third-order valence-corrected chi connectivity index (χ3v) is 3.67. The fraction of sp³-hybridized carbons (Fsp3) is 0.462. The van der Waals surface area contributed by atoms with E-state index in [1.807, 2.05) is 12.4 Å². The maximum Gasteiger partial charge on any atom is 0.293 e. The summed E-state index contributed by atoms with van der Waals surface area (Å²) in [5.74, 6) is 0.827. The first-order valence-corrected chi connectivity index (χ1v) is 7.14. The van der Waals surface area contributed by atoms with Gasteiger partial charge in [0.25, 0.3) is 5.56 Å². The molecule has 2 aromatic rings. The summed E-state index contributed by atoms with van der Waals surface area (Å²) in [5, 5.41) is 3.10. The smallest absolute Gasteiger partial charge is 0.293 e. The van der Waals surface area contributed by atoms with Gasteiger partial charge in [0.2, 0.25) is 0 Å². The Bertz CT molecular complexity index is 603. The number of aryl methyl sites for hydroxylation is 1. The molecule has 2 rings (SSSR count). The van der Waals surface area contributed by atoms with Crippen molar-refractivity contribution in [1.29, 1.82) is 0 Å². The van der Waals surface area contributed by atoms with E-state index in [1.54, 1.807) is 28.3 Å². The first kappa shape index (κ1) is 13.7. The van der Waals surface area contributed by atoms with Crippen molar-refractivity contribution >= 4 is 17.2 Å². The van der Waals surface area contributed by atoms with Gasteiger partial charge in [-0.05, 0) is 12.8 Å². The fourth-order valence-electron chi connectivity index (χ4n) is 1.77. The Kier molecular flexibility index (Phi) is 4.31. The van der Waals surface area contributed by atoms with E-state index in [0.717, 1.165) is 10.6 Å². The zero-order chi connectivity index (χ0) is 13.8. The second-order valence-electron chi connectivity index (χ2n) is 4.84. The lowest BCUT2D eigenvalue weighted by molar-refractivity contribution is 0.509. The normalized spacial score (nSPS) is 10.9. The number of thiazole rings is 1. The molecule has 1 N–H and O–H groups in total. The van der Waals surface area contributed by atoms with Gasteiger partial charge in [-0.2, -0.15) is 0 Å². The van der Waals surface area contributed by atoms with Crippen molar-refractivity contribution in [3.05, 3.63) is 38.8 Å². The summed E-state index contributed by atoms with van der Waals surface area (Å²) >= 11 is 1.58. The molecule has 0 saturated carbocycles. The largest absolute Gasteiger partial charge is 0.361 e. The Labute approximate surface area is 116 Å². The van der Waals surface area contributed by atoms with Gasteiger partial charge in [-0.3, -0.25) is 4.79 Å². The quantitative estimate of drug-likeness (QED) is 0.911. The van der Waals surface area contributed by atoms with Crippen molar-refractivity contribution in [2.75, 3.05) is 5.32 Å². The molecule has 0 radical (unpaired) electrons. The number of nitrogens with zero attached hydrogens (tertiary/aromatic N) is 3. The number of aromatic nitrogens is 3. The average molecular weight is 278 g/mol. The van der Waals surface area contributed by atoms with E-state index in [-0.39, 0.29) is 5.56 Å². The highest BCUT2D eigenvalue weighted by Crippen LogP contribution is 2.12. The Morgan fingerprint density at radius 2 is 2.21 bits per heavy atom. The van der Waals surface area contributed by atoms with Gasteiger partial charge >= 0.3 is 0 Å². The lowest BCUT2D eigenvalue weighted by Crippen LogP contribution is -2.25. The van der Waals surface area contributed by atoms with Gasteiger partial charge in [0.05, 0.1) is 17.7 Å². The van der Waals surface area contributed by atoms with Gasteiger partial charge < -0.3 is 9.88 Å². The van der Waals surface area contributed by atoms with Gasteiger partial charge in [-0.1, -0.05) is 13.8 Å². The van der Waals surface area contributed by atoms with Crippen molar-refractivity contribution in [2.45, 2.75) is 33.9 Å². The molecule has 0 unspecified atom stereocenters. The molecule has 0 atom stereocenters. The SMILES string of the molecule is Cc1ncsc1CNc1nccn(CC(C)C)c1=O. The highest BCUT2D eigenvalue weighted by atomic mass is 32.1. The summed E-state index contributed by atoms with van der Waals surface area (Å²) in [5.41, 5.74) is 2.73. The molecule has 102 valence electrons. The Morgan fingerprint density at radius 3 is 2.84 bits per heavy atom. The summed E-state index contributed by atoms with van der Waals surface area (Å²) in [6, 6.07) is 0. The predicted molar refractivity (Wildman–Crippen MR) is 77.5 cm³/mol. The molecule has 2 aromatic heterocycles. The van der Waals surface area contributed by atoms with Gasteiger partial charge in [-0.15, -0.1) is 11.3 Å². The average Bonchev–Trinajstić information content (AvgIpc) is 2.76. The molecule has 0 saturated heterocycles. The van der Waals surface area contributed by atoms with Crippen LogP contribution in [-0.2, 0) is 13.1 Å². The maximum absolute atomic E-state index is 12.2. The molecule has 0 aliphatic carbocycles. The lowest BCUT2D eigenvalue weighted by Gasteiger charge is -2.10. The third kappa shape index (κ3) is 3.41. The fourth-order valence-corrected chi connectivity index (χ4v) is 2.48.